The van der Waals surface area contributed by atoms with Crippen LogP contribution in [0.5, 0.6) is 0 Å². The van der Waals surface area contributed by atoms with Gasteiger partial charge in [-0.3, -0.25) is 10.1 Å². The van der Waals surface area contributed by atoms with Gasteiger partial charge in [0.05, 0.1) is 0 Å². The summed E-state index contributed by atoms with van der Waals surface area (Å²) in [4.78, 5) is 34.5. The zero-order chi connectivity index (χ0) is 12.8. The molecule has 0 spiro atoms. The van der Waals surface area contributed by atoms with Gasteiger partial charge in [0.2, 0.25) is 0 Å². The number of carbonyl (C=O) groups excluding carboxylic acids is 2. The second-order valence-electron chi connectivity index (χ2n) is 4.16. The highest BCUT2D eigenvalue weighted by molar-refractivity contribution is 6.02. The van der Waals surface area contributed by atoms with Crippen LogP contribution in [0.4, 0.5) is 4.79 Å². The molecule has 0 radical (unpaired) electrons. The number of amides is 3. The second-order valence-corrected chi connectivity index (χ2v) is 4.16. The molecule has 6 heteroatoms. The fourth-order valence-corrected chi connectivity index (χ4v) is 1.75. The molecule has 0 aromatic heterocycles. The minimum absolute atomic E-state index is 0.430. The van der Waals surface area contributed by atoms with Crippen molar-refractivity contribution in [3.63, 3.8) is 0 Å². The molecule has 1 atom stereocenters. The maximum atomic E-state index is 11.6. The van der Waals surface area contributed by atoms with Gasteiger partial charge in [-0.05, 0) is 18.8 Å². The van der Waals surface area contributed by atoms with Crippen molar-refractivity contribution in [2.24, 2.45) is 5.92 Å². The van der Waals surface area contributed by atoms with Crippen LogP contribution in [0.15, 0.2) is 12.2 Å². The maximum Gasteiger partial charge on any atom is 0.328 e. The van der Waals surface area contributed by atoms with Crippen molar-refractivity contribution < 1.29 is 19.5 Å². The van der Waals surface area contributed by atoms with Crippen molar-refractivity contribution in [3.05, 3.63) is 12.2 Å². The van der Waals surface area contributed by atoms with E-state index in [0.29, 0.717) is 25.1 Å². The van der Waals surface area contributed by atoms with Gasteiger partial charge in [0, 0.05) is 25.2 Å². The zero-order valence-electron chi connectivity index (χ0n) is 9.68. The first-order valence-electron chi connectivity index (χ1n) is 5.50. The third kappa shape index (κ3) is 4.67. The van der Waals surface area contributed by atoms with E-state index in [4.69, 9.17) is 5.11 Å². The number of nitrogens with zero attached hydrogens (tertiary/aromatic N) is 1. The third-order valence-electron chi connectivity index (χ3n) is 2.55. The van der Waals surface area contributed by atoms with E-state index < -0.39 is 17.9 Å². The van der Waals surface area contributed by atoms with Crippen molar-refractivity contribution in [1.82, 2.24) is 10.2 Å². The van der Waals surface area contributed by atoms with Crippen molar-refractivity contribution in [2.45, 2.75) is 19.8 Å². The lowest BCUT2D eigenvalue weighted by Gasteiger charge is -2.30. The Balaban J connectivity index is 2.43. The fourth-order valence-electron chi connectivity index (χ4n) is 1.75. The molecule has 1 aliphatic rings. The molecule has 1 aliphatic heterocycles. The summed E-state index contributed by atoms with van der Waals surface area (Å²) in [7, 11) is 0. The van der Waals surface area contributed by atoms with E-state index in [9.17, 15) is 14.4 Å². The highest BCUT2D eigenvalue weighted by Gasteiger charge is 2.21. The Bertz CT molecular complexity index is 351. The molecule has 1 fully saturated rings. The Hall–Kier alpha value is -1.85. The molecule has 1 saturated heterocycles. The maximum absolute atomic E-state index is 11.6. The highest BCUT2D eigenvalue weighted by atomic mass is 16.4. The number of rotatable bonds is 2. The molecule has 0 bridgehead atoms. The number of hydrogen-bond donors (Lipinski definition) is 2. The standard InChI is InChI=1S/C11H16N2O4/c1-8-3-2-6-13(7-8)11(17)12-9(14)4-5-10(15)16/h4-5,8H,2-3,6-7H2,1H3,(H,15,16)(H,12,14,17)/b5-4+. The summed E-state index contributed by atoms with van der Waals surface area (Å²) < 4.78 is 0. The summed E-state index contributed by atoms with van der Waals surface area (Å²) in [6, 6.07) is -0.461. The van der Waals surface area contributed by atoms with Gasteiger partial charge in [-0.25, -0.2) is 9.59 Å². The first-order valence-corrected chi connectivity index (χ1v) is 5.50. The Kier molecular flexibility index (Phi) is 4.68. The molecule has 0 aromatic rings. The van der Waals surface area contributed by atoms with Crippen LogP contribution in [0.2, 0.25) is 0 Å². The number of piperidine rings is 1. The normalized spacial score (nSPS) is 20.3. The number of hydrogen-bond acceptors (Lipinski definition) is 3. The zero-order valence-corrected chi connectivity index (χ0v) is 9.68. The molecular formula is C11H16N2O4. The highest BCUT2D eigenvalue weighted by Crippen LogP contribution is 2.15. The number of carboxylic acid groups (broad SMARTS) is 1. The molecule has 1 heterocycles. The molecule has 0 aliphatic carbocycles. The molecule has 1 unspecified atom stereocenters. The van der Waals surface area contributed by atoms with Crippen molar-refractivity contribution >= 4 is 17.9 Å². The van der Waals surface area contributed by atoms with Gasteiger partial charge < -0.3 is 10.0 Å². The topological polar surface area (TPSA) is 86.7 Å². The Morgan fingerprint density at radius 2 is 2.06 bits per heavy atom. The molecule has 6 nitrogen and oxygen atoms in total. The van der Waals surface area contributed by atoms with Gasteiger partial charge in [0.25, 0.3) is 5.91 Å². The lowest BCUT2D eigenvalue weighted by Crippen LogP contribution is -2.46. The molecule has 2 N–H and O–H groups in total. The van der Waals surface area contributed by atoms with Gasteiger partial charge in [-0.15, -0.1) is 0 Å². The minimum Gasteiger partial charge on any atom is -0.478 e. The minimum atomic E-state index is -1.22. The van der Waals surface area contributed by atoms with Crippen molar-refractivity contribution in [2.75, 3.05) is 13.1 Å². The van der Waals surface area contributed by atoms with E-state index in [0.717, 1.165) is 18.9 Å². The van der Waals surface area contributed by atoms with E-state index in [1.165, 1.54) is 0 Å². The number of imide groups is 1. The number of likely N-dealkylation sites (tertiary alicyclic amines) is 1. The molecule has 94 valence electrons. The van der Waals surface area contributed by atoms with E-state index in [2.05, 4.69) is 5.32 Å². The summed E-state index contributed by atoms with van der Waals surface area (Å²) >= 11 is 0. The molecule has 1 rings (SSSR count). The Labute approximate surface area is 99.3 Å². The van der Waals surface area contributed by atoms with E-state index in [1.807, 2.05) is 6.92 Å². The summed E-state index contributed by atoms with van der Waals surface area (Å²) in [5.74, 6) is -1.51. The average molecular weight is 240 g/mol. The molecule has 17 heavy (non-hydrogen) atoms. The van der Waals surface area contributed by atoms with Crippen LogP contribution in [0.1, 0.15) is 19.8 Å². The largest absolute Gasteiger partial charge is 0.478 e. The Morgan fingerprint density at radius 3 is 2.65 bits per heavy atom. The van der Waals surface area contributed by atoms with Gasteiger partial charge in [0.1, 0.15) is 0 Å². The van der Waals surface area contributed by atoms with Gasteiger partial charge in [0.15, 0.2) is 0 Å². The third-order valence-corrected chi connectivity index (χ3v) is 2.55. The quantitative estimate of drug-likeness (QED) is 0.692. The average Bonchev–Trinajstić information content (AvgIpc) is 2.26. The lowest BCUT2D eigenvalue weighted by atomic mass is 10.0. The van der Waals surface area contributed by atoms with Crippen LogP contribution in [-0.4, -0.2) is 41.0 Å². The SMILES string of the molecule is CC1CCCN(C(=O)NC(=O)/C=C/C(=O)O)C1. The smallest absolute Gasteiger partial charge is 0.328 e. The van der Waals surface area contributed by atoms with E-state index >= 15 is 0 Å². The molecular weight excluding hydrogens is 224 g/mol. The van der Waals surface area contributed by atoms with Crippen LogP contribution in [0, 0.1) is 5.92 Å². The predicted molar refractivity (Wildman–Crippen MR) is 60.3 cm³/mol. The van der Waals surface area contributed by atoms with Gasteiger partial charge >= 0.3 is 12.0 Å². The van der Waals surface area contributed by atoms with Crippen LogP contribution in [-0.2, 0) is 9.59 Å². The van der Waals surface area contributed by atoms with Gasteiger partial charge in [-0.2, -0.15) is 0 Å². The van der Waals surface area contributed by atoms with Crippen LogP contribution in [0.3, 0.4) is 0 Å². The second kappa shape index (κ2) is 6.03. The summed E-state index contributed by atoms with van der Waals surface area (Å²) in [6.45, 7) is 3.31. The summed E-state index contributed by atoms with van der Waals surface area (Å²) in [5.41, 5.74) is 0. The first-order chi connectivity index (χ1) is 7.99. The first kappa shape index (κ1) is 13.2. The van der Waals surface area contributed by atoms with Gasteiger partial charge in [-0.1, -0.05) is 6.92 Å². The Morgan fingerprint density at radius 1 is 1.35 bits per heavy atom. The molecule has 3 amide bonds. The van der Waals surface area contributed by atoms with Crippen LogP contribution >= 0.6 is 0 Å². The summed E-state index contributed by atoms with van der Waals surface area (Å²) in [5, 5.41) is 10.4. The monoisotopic (exact) mass is 240 g/mol. The molecule has 0 aromatic carbocycles. The van der Waals surface area contributed by atoms with E-state index in [-0.39, 0.29) is 0 Å². The number of carboxylic acids is 1. The molecule has 0 saturated carbocycles. The number of carbonyl (C=O) groups is 3. The fraction of sp³-hybridized carbons (Fsp3) is 0.545. The predicted octanol–water partition coefficient (Wildman–Crippen LogP) is 0.595. The van der Waals surface area contributed by atoms with Crippen molar-refractivity contribution in [1.29, 1.82) is 0 Å². The number of urea groups is 1. The van der Waals surface area contributed by atoms with Crippen LogP contribution in [0.25, 0.3) is 0 Å². The lowest BCUT2D eigenvalue weighted by molar-refractivity contribution is -0.131. The van der Waals surface area contributed by atoms with Crippen molar-refractivity contribution in [3.8, 4) is 0 Å². The number of nitrogens with one attached hydrogen (secondary N) is 1. The number of aliphatic carboxylic acids is 1. The summed E-state index contributed by atoms with van der Waals surface area (Å²) in [6.07, 6.45) is 3.53. The van der Waals surface area contributed by atoms with E-state index in [1.54, 1.807) is 4.90 Å². The van der Waals surface area contributed by atoms with Crippen LogP contribution < -0.4 is 5.32 Å².